The first-order valence-electron chi connectivity index (χ1n) is 7.56. The van der Waals surface area contributed by atoms with Gasteiger partial charge in [-0.2, -0.15) is 0 Å². The van der Waals surface area contributed by atoms with E-state index in [-0.39, 0.29) is 5.69 Å². The summed E-state index contributed by atoms with van der Waals surface area (Å²) in [5.41, 5.74) is -1.10. The lowest BCUT2D eigenvalue weighted by Gasteiger charge is -2.25. The maximum Gasteiger partial charge on any atom is 0.269 e. The van der Waals surface area contributed by atoms with Gasteiger partial charge in [0.2, 0.25) is 11.7 Å². The third kappa shape index (κ3) is 3.88. The summed E-state index contributed by atoms with van der Waals surface area (Å²) in [6, 6.07) is 4.60. The molecule has 2 rings (SSSR count). The van der Waals surface area contributed by atoms with Crippen LogP contribution in [0.5, 0.6) is 0 Å². The number of benzene rings is 2. The van der Waals surface area contributed by atoms with Gasteiger partial charge in [0.25, 0.3) is 5.69 Å². The van der Waals surface area contributed by atoms with E-state index in [0.717, 1.165) is 4.90 Å². The molecule has 1 unspecified atom stereocenters. The van der Waals surface area contributed by atoms with Gasteiger partial charge in [0, 0.05) is 24.7 Å². The molecule has 0 aliphatic rings. The monoisotopic (exact) mass is 388 g/mol. The van der Waals surface area contributed by atoms with E-state index in [1.807, 2.05) is 0 Å². The molecule has 0 bridgehead atoms. The predicted molar refractivity (Wildman–Crippen MR) is 84.2 cm³/mol. The molecule has 0 heterocycles. The van der Waals surface area contributed by atoms with Gasteiger partial charge in [0.1, 0.15) is 0 Å². The van der Waals surface area contributed by atoms with Gasteiger partial charge >= 0.3 is 0 Å². The van der Waals surface area contributed by atoms with E-state index >= 15 is 0 Å². The Bertz CT molecular complexity index is 891. The second-order valence-electron chi connectivity index (χ2n) is 5.76. The van der Waals surface area contributed by atoms with Crippen LogP contribution in [-0.2, 0) is 11.2 Å². The molecule has 0 aromatic heterocycles. The van der Waals surface area contributed by atoms with Crippen LogP contribution >= 0.6 is 0 Å². The SMILES string of the molecule is CC(c1cccc([N+](=O)[O-])c1)N(C)C(=O)Cc1c(F)c(F)c(F)c(F)c1F. The summed E-state index contributed by atoms with van der Waals surface area (Å²) in [5.74, 6) is -11.7. The van der Waals surface area contributed by atoms with Crippen molar-refractivity contribution in [2.45, 2.75) is 19.4 Å². The molecule has 2 aromatic carbocycles. The molecule has 0 spiro atoms. The molecule has 27 heavy (non-hydrogen) atoms. The number of nitro groups is 1. The normalized spacial score (nSPS) is 12.0. The average Bonchev–Trinajstić information content (AvgIpc) is 2.66. The van der Waals surface area contributed by atoms with E-state index < -0.39 is 57.9 Å². The first kappa shape index (κ1) is 20.3. The minimum Gasteiger partial charge on any atom is -0.339 e. The van der Waals surface area contributed by atoms with Crippen LogP contribution in [0.4, 0.5) is 27.6 Å². The number of carbonyl (C=O) groups is 1. The maximum absolute atomic E-state index is 13.7. The van der Waals surface area contributed by atoms with Crippen LogP contribution in [0.25, 0.3) is 0 Å². The van der Waals surface area contributed by atoms with Crippen molar-refractivity contribution in [3.05, 3.63) is 74.6 Å². The summed E-state index contributed by atoms with van der Waals surface area (Å²) in [4.78, 5) is 23.5. The van der Waals surface area contributed by atoms with Gasteiger partial charge in [0.15, 0.2) is 23.3 Å². The smallest absolute Gasteiger partial charge is 0.269 e. The first-order valence-corrected chi connectivity index (χ1v) is 7.56. The van der Waals surface area contributed by atoms with Crippen molar-refractivity contribution in [2.75, 3.05) is 7.05 Å². The standard InChI is InChI=1S/C17H13F5N2O3/c1-8(9-4-3-5-10(6-9)24(26)27)23(2)12(25)7-11-13(18)15(20)17(22)16(21)14(11)19/h3-6,8H,7H2,1-2H3. The fourth-order valence-corrected chi connectivity index (χ4v) is 2.42. The first-order chi connectivity index (χ1) is 12.6. The number of likely N-dealkylation sites (N-methyl/N-ethyl adjacent to an activating group) is 1. The lowest BCUT2D eigenvalue weighted by molar-refractivity contribution is -0.384. The number of carbonyl (C=O) groups excluding carboxylic acids is 1. The van der Waals surface area contributed by atoms with Crippen LogP contribution in [0.1, 0.15) is 24.1 Å². The second-order valence-corrected chi connectivity index (χ2v) is 5.76. The highest BCUT2D eigenvalue weighted by Gasteiger charge is 2.28. The summed E-state index contributed by atoms with van der Waals surface area (Å²) in [5, 5.41) is 10.8. The molecule has 0 radical (unpaired) electrons. The minimum atomic E-state index is -2.31. The molecule has 1 atom stereocenters. The van der Waals surface area contributed by atoms with Gasteiger partial charge in [-0.25, -0.2) is 22.0 Å². The van der Waals surface area contributed by atoms with Crippen molar-refractivity contribution in [2.24, 2.45) is 0 Å². The fraction of sp³-hybridized carbons (Fsp3) is 0.235. The van der Waals surface area contributed by atoms with Crippen LogP contribution < -0.4 is 0 Å². The summed E-state index contributed by atoms with van der Waals surface area (Å²) in [6.45, 7) is 1.50. The van der Waals surface area contributed by atoms with E-state index in [4.69, 9.17) is 0 Å². The zero-order valence-corrected chi connectivity index (χ0v) is 14.1. The topological polar surface area (TPSA) is 63.5 Å². The van der Waals surface area contributed by atoms with Gasteiger partial charge in [-0.3, -0.25) is 14.9 Å². The molecule has 0 aliphatic carbocycles. The van der Waals surface area contributed by atoms with Gasteiger partial charge in [0.05, 0.1) is 17.4 Å². The lowest BCUT2D eigenvalue weighted by Crippen LogP contribution is -2.31. The Morgan fingerprint density at radius 1 is 1.07 bits per heavy atom. The molecule has 144 valence electrons. The van der Waals surface area contributed by atoms with E-state index in [0.29, 0.717) is 5.56 Å². The lowest BCUT2D eigenvalue weighted by atomic mass is 10.0. The molecule has 2 aromatic rings. The summed E-state index contributed by atoms with van der Waals surface area (Å²) >= 11 is 0. The molecular weight excluding hydrogens is 375 g/mol. The highest BCUT2D eigenvalue weighted by atomic mass is 19.2. The Labute approximate surface area is 150 Å². The Hall–Kier alpha value is -3.04. The minimum absolute atomic E-state index is 0.222. The summed E-state index contributed by atoms with van der Waals surface area (Å²) in [6.07, 6.45) is -1.07. The zero-order valence-electron chi connectivity index (χ0n) is 14.1. The third-order valence-corrected chi connectivity index (χ3v) is 4.17. The van der Waals surface area contributed by atoms with Crippen LogP contribution in [0.3, 0.4) is 0 Å². The number of hydrogen-bond acceptors (Lipinski definition) is 3. The molecule has 1 amide bonds. The predicted octanol–water partition coefficient (Wildman–Crippen LogP) is 4.05. The number of amides is 1. The third-order valence-electron chi connectivity index (χ3n) is 4.17. The van der Waals surface area contributed by atoms with Crippen molar-refractivity contribution in [1.29, 1.82) is 0 Å². The highest BCUT2D eigenvalue weighted by molar-refractivity contribution is 5.79. The van der Waals surface area contributed by atoms with Gasteiger partial charge in [-0.15, -0.1) is 0 Å². The van der Waals surface area contributed by atoms with Crippen molar-refractivity contribution in [1.82, 2.24) is 4.90 Å². The maximum atomic E-state index is 13.7. The van der Waals surface area contributed by atoms with Crippen molar-refractivity contribution >= 4 is 11.6 Å². The molecule has 0 saturated carbocycles. The van der Waals surface area contributed by atoms with Crippen molar-refractivity contribution in [3.8, 4) is 0 Å². The van der Waals surface area contributed by atoms with Crippen LogP contribution in [0.2, 0.25) is 0 Å². The van der Waals surface area contributed by atoms with Crippen LogP contribution in [-0.4, -0.2) is 22.8 Å². The van der Waals surface area contributed by atoms with Gasteiger partial charge in [-0.1, -0.05) is 12.1 Å². The number of rotatable bonds is 5. The molecule has 10 heteroatoms. The molecular formula is C17H13F5N2O3. The van der Waals surface area contributed by atoms with E-state index in [2.05, 4.69) is 0 Å². The number of non-ortho nitro benzene ring substituents is 1. The highest BCUT2D eigenvalue weighted by Crippen LogP contribution is 2.26. The largest absolute Gasteiger partial charge is 0.339 e. The molecule has 5 nitrogen and oxygen atoms in total. The second kappa shape index (κ2) is 7.68. The van der Waals surface area contributed by atoms with Gasteiger partial charge < -0.3 is 4.90 Å². The zero-order chi connectivity index (χ0) is 20.5. The van der Waals surface area contributed by atoms with Crippen molar-refractivity contribution < 1.29 is 31.7 Å². The number of nitro benzene ring substituents is 1. The summed E-state index contributed by atoms with van der Waals surface area (Å²) in [7, 11) is 1.25. The molecule has 0 saturated heterocycles. The Kier molecular flexibility index (Phi) is 5.77. The van der Waals surface area contributed by atoms with E-state index in [1.54, 1.807) is 0 Å². The van der Waals surface area contributed by atoms with Crippen LogP contribution in [0, 0.1) is 39.2 Å². The summed E-state index contributed by atoms with van der Waals surface area (Å²) < 4.78 is 67.0. The van der Waals surface area contributed by atoms with Gasteiger partial charge in [-0.05, 0) is 12.5 Å². The van der Waals surface area contributed by atoms with Crippen LogP contribution in [0.15, 0.2) is 24.3 Å². The average molecular weight is 388 g/mol. The van der Waals surface area contributed by atoms with Crippen molar-refractivity contribution in [3.63, 3.8) is 0 Å². The Morgan fingerprint density at radius 2 is 1.59 bits per heavy atom. The molecule has 0 fully saturated rings. The van der Waals surface area contributed by atoms with E-state index in [1.165, 1.54) is 38.2 Å². The quantitative estimate of drug-likeness (QED) is 0.255. The number of nitrogens with zero attached hydrogens (tertiary/aromatic N) is 2. The fourth-order valence-electron chi connectivity index (χ4n) is 2.42. The van der Waals surface area contributed by atoms with E-state index in [9.17, 15) is 36.9 Å². The molecule has 0 aliphatic heterocycles. The Balaban J connectivity index is 2.29. The number of halogens is 5. The molecule has 0 N–H and O–H groups in total. The number of hydrogen-bond donors (Lipinski definition) is 0. The Morgan fingerprint density at radius 3 is 2.11 bits per heavy atom.